The summed E-state index contributed by atoms with van der Waals surface area (Å²) in [6, 6.07) is 18.8. The SMILES string of the molecule is C=N/C=C(\CC)c1cccc(NC(=C)N2c3nc(-c4cccc(SC)c4)ccc3C[C@@H]2CCN)n1. The maximum atomic E-state index is 5.98. The number of hydrogen-bond donors (Lipinski definition) is 2. The van der Waals surface area contributed by atoms with Crippen molar-refractivity contribution < 1.29 is 0 Å². The standard InChI is InChI=1S/C28H32N6S/c1-5-20(18-30-3)25-10-7-11-27(32-25)31-19(2)34-23(14-15-29)16-22-12-13-26(33-28(22)34)21-8-6-9-24(17-21)35-4/h6-13,17-18,23H,2-3,5,14-16,29H2,1,4H3,(H,31,32)/b20-18+/t23-/m0/s1. The van der Waals surface area contributed by atoms with Crippen LogP contribution in [0.5, 0.6) is 0 Å². The summed E-state index contributed by atoms with van der Waals surface area (Å²) >= 11 is 1.73. The highest BCUT2D eigenvalue weighted by molar-refractivity contribution is 7.98. The Balaban J connectivity index is 1.65. The second-order valence-electron chi connectivity index (χ2n) is 8.39. The van der Waals surface area contributed by atoms with E-state index >= 15 is 0 Å². The van der Waals surface area contributed by atoms with Crippen LogP contribution in [-0.4, -0.2) is 35.5 Å². The number of anilines is 2. The van der Waals surface area contributed by atoms with E-state index in [1.807, 2.05) is 18.2 Å². The zero-order valence-corrected chi connectivity index (χ0v) is 21.2. The van der Waals surface area contributed by atoms with Crippen LogP contribution in [0.1, 0.15) is 31.0 Å². The molecule has 0 radical (unpaired) electrons. The monoisotopic (exact) mass is 484 g/mol. The average molecular weight is 485 g/mol. The van der Waals surface area contributed by atoms with Crippen LogP contribution < -0.4 is 16.0 Å². The summed E-state index contributed by atoms with van der Waals surface area (Å²) in [7, 11) is 0. The molecule has 0 amide bonds. The number of allylic oxidation sites excluding steroid dienone is 1. The molecule has 6 nitrogen and oxygen atoms in total. The van der Waals surface area contributed by atoms with E-state index < -0.39 is 0 Å². The van der Waals surface area contributed by atoms with E-state index in [1.54, 1.807) is 18.0 Å². The Kier molecular flexibility index (Phi) is 8.00. The van der Waals surface area contributed by atoms with Gasteiger partial charge in [-0.3, -0.25) is 4.99 Å². The Hall–Kier alpha value is -3.42. The molecule has 0 spiro atoms. The molecule has 3 N–H and O–H groups in total. The Morgan fingerprint density at radius 1 is 1.23 bits per heavy atom. The Bertz CT molecular complexity index is 1250. The number of rotatable bonds is 10. The smallest absolute Gasteiger partial charge is 0.138 e. The molecule has 0 aliphatic carbocycles. The minimum Gasteiger partial charge on any atom is -0.330 e. The molecule has 180 valence electrons. The summed E-state index contributed by atoms with van der Waals surface area (Å²) in [6.07, 6.45) is 6.38. The van der Waals surface area contributed by atoms with E-state index in [2.05, 4.69) is 78.1 Å². The summed E-state index contributed by atoms with van der Waals surface area (Å²) in [5.41, 5.74) is 11.1. The average Bonchev–Trinajstić information content (AvgIpc) is 3.25. The molecule has 1 aliphatic rings. The van der Waals surface area contributed by atoms with Gasteiger partial charge >= 0.3 is 0 Å². The largest absolute Gasteiger partial charge is 0.330 e. The van der Waals surface area contributed by atoms with Gasteiger partial charge in [0.15, 0.2) is 0 Å². The molecule has 4 rings (SSSR count). The summed E-state index contributed by atoms with van der Waals surface area (Å²) in [5, 5.41) is 3.41. The van der Waals surface area contributed by atoms with Crippen molar-refractivity contribution >= 4 is 35.7 Å². The first-order valence-electron chi connectivity index (χ1n) is 11.8. The molecule has 7 heteroatoms. The van der Waals surface area contributed by atoms with Crippen LogP contribution in [0.2, 0.25) is 0 Å². The van der Waals surface area contributed by atoms with Gasteiger partial charge in [-0.1, -0.05) is 37.8 Å². The molecule has 1 atom stereocenters. The number of hydrogen-bond acceptors (Lipinski definition) is 7. The van der Waals surface area contributed by atoms with Gasteiger partial charge in [-0.15, -0.1) is 11.8 Å². The lowest BCUT2D eigenvalue weighted by molar-refractivity contribution is 0.617. The van der Waals surface area contributed by atoms with Crippen LogP contribution in [0.3, 0.4) is 0 Å². The molecule has 3 aromatic rings. The highest BCUT2D eigenvalue weighted by atomic mass is 32.2. The summed E-state index contributed by atoms with van der Waals surface area (Å²) < 4.78 is 0. The fourth-order valence-electron chi connectivity index (χ4n) is 4.42. The second kappa shape index (κ2) is 11.3. The van der Waals surface area contributed by atoms with Crippen molar-refractivity contribution in [3.05, 3.63) is 84.5 Å². The number of thioether (sulfide) groups is 1. The zero-order chi connectivity index (χ0) is 24.8. The maximum absolute atomic E-state index is 5.98. The Morgan fingerprint density at radius 3 is 2.80 bits per heavy atom. The number of nitrogens with zero attached hydrogens (tertiary/aromatic N) is 4. The van der Waals surface area contributed by atoms with Crippen molar-refractivity contribution in [2.45, 2.75) is 37.1 Å². The predicted molar refractivity (Wildman–Crippen MR) is 150 cm³/mol. The molecule has 3 heterocycles. The maximum Gasteiger partial charge on any atom is 0.138 e. The van der Waals surface area contributed by atoms with Gasteiger partial charge in [0.05, 0.1) is 11.4 Å². The molecule has 0 unspecified atom stereocenters. The normalized spacial score (nSPS) is 15.1. The number of aromatic nitrogens is 2. The summed E-state index contributed by atoms with van der Waals surface area (Å²) in [4.78, 5) is 17.2. The Morgan fingerprint density at radius 2 is 2.06 bits per heavy atom. The molecule has 0 fully saturated rings. The third-order valence-electron chi connectivity index (χ3n) is 6.14. The molecule has 2 aromatic heterocycles. The highest BCUT2D eigenvalue weighted by Crippen LogP contribution is 2.37. The number of pyridine rings is 2. The second-order valence-corrected chi connectivity index (χ2v) is 9.27. The fraction of sp³-hybridized carbons (Fsp3) is 0.250. The number of aliphatic imine (C=N–C) groups is 1. The summed E-state index contributed by atoms with van der Waals surface area (Å²) in [6.45, 7) is 10.6. The molecule has 35 heavy (non-hydrogen) atoms. The van der Waals surface area contributed by atoms with Gasteiger partial charge in [-0.05, 0) is 80.2 Å². The van der Waals surface area contributed by atoms with E-state index in [1.165, 1.54) is 10.5 Å². The minimum atomic E-state index is 0.189. The van der Waals surface area contributed by atoms with Gasteiger partial charge in [-0.25, -0.2) is 9.97 Å². The van der Waals surface area contributed by atoms with Gasteiger partial charge in [-0.2, -0.15) is 0 Å². The van der Waals surface area contributed by atoms with Gasteiger partial charge in [0.25, 0.3) is 0 Å². The van der Waals surface area contributed by atoms with Crippen molar-refractivity contribution in [3.63, 3.8) is 0 Å². The van der Waals surface area contributed by atoms with Gasteiger partial charge in [0, 0.05) is 22.7 Å². The third kappa shape index (κ3) is 5.47. The first-order chi connectivity index (χ1) is 17.1. The number of fused-ring (bicyclic) bond motifs is 1. The molecular weight excluding hydrogens is 452 g/mol. The van der Waals surface area contributed by atoms with Crippen molar-refractivity contribution in [1.29, 1.82) is 0 Å². The molecule has 1 aromatic carbocycles. The van der Waals surface area contributed by atoms with Gasteiger partial charge < -0.3 is 16.0 Å². The van der Waals surface area contributed by atoms with Gasteiger partial charge in [0.2, 0.25) is 0 Å². The lowest BCUT2D eigenvalue weighted by Gasteiger charge is -2.29. The van der Waals surface area contributed by atoms with E-state index in [0.717, 1.165) is 59.2 Å². The predicted octanol–water partition coefficient (Wildman–Crippen LogP) is 5.98. The van der Waals surface area contributed by atoms with Crippen LogP contribution in [0, 0.1) is 0 Å². The third-order valence-corrected chi connectivity index (χ3v) is 6.86. The number of nitrogens with one attached hydrogen (secondary N) is 1. The minimum absolute atomic E-state index is 0.189. The number of nitrogens with two attached hydrogens (primary N) is 1. The molecule has 0 saturated heterocycles. The van der Waals surface area contributed by atoms with E-state index in [9.17, 15) is 0 Å². The number of benzene rings is 1. The molecular formula is C28H32N6S. The van der Waals surface area contributed by atoms with Crippen molar-refractivity contribution in [1.82, 2.24) is 9.97 Å². The lowest BCUT2D eigenvalue weighted by atomic mass is 10.1. The molecule has 1 aliphatic heterocycles. The molecule has 0 saturated carbocycles. The van der Waals surface area contributed by atoms with Gasteiger partial charge in [0.1, 0.15) is 17.5 Å². The van der Waals surface area contributed by atoms with E-state index in [-0.39, 0.29) is 6.04 Å². The highest BCUT2D eigenvalue weighted by Gasteiger charge is 2.32. The Labute approximate surface area is 212 Å². The van der Waals surface area contributed by atoms with Crippen LogP contribution >= 0.6 is 11.8 Å². The van der Waals surface area contributed by atoms with Crippen molar-refractivity contribution in [3.8, 4) is 11.3 Å². The van der Waals surface area contributed by atoms with Crippen molar-refractivity contribution in [2.24, 2.45) is 10.7 Å². The topological polar surface area (TPSA) is 79.4 Å². The first-order valence-corrected chi connectivity index (χ1v) is 13.0. The van der Waals surface area contributed by atoms with E-state index in [4.69, 9.17) is 15.7 Å². The summed E-state index contributed by atoms with van der Waals surface area (Å²) in [5.74, 6) is 2.38. The lowest BCUT2D eigenvalue weighted by Crippen LogP contribution is -2.36. The van der Waals surface area contributed by atoms with Crippen LogP contribution in [0.4, 0.5) is 11.6 Å². The van der Waals surface area contributed by atoms with Crippen molar-refractivity contribution in [2.75, 3.05) is 23.0 Å². The van der Waals surface area contributed by atoms with E-state index in [0.29, 0.717) is 6.54 Å². The fourth-order valence-corrected chi connectivity index (χ4v) is 4.88. The first kappa shape index (κ1) is 24.7. The zero-order valence-electron chi connectivity index (χ0n) is 20.4. The van der Waals surface area contributed by atoms with Crippen LogP contribution in [-0.2, 0) is 6.42 Å². The van der Waals surface area contributed by atoms with Crippen LogP contribution in [0.25, 0.3) is 16.8 Å². The quantitative estimate of drug-likeness (QED) is 0.272. The molecule has 0 bridgehead atoms. The van der Waals surface area contributed by atoms with Crippen LogP contribution in [0.15, 0.2) is 83.1 Å².